The smallest absolute Gasteiger partial charge is 0.268 e. The van der Waals surface area contributed by atoms with Crippen molar-refractivity contribution < 1.29 is 9.90 Å². The molecular weight excluding hydrogens is 280 g/mol. The third kappa shape index (κ3) is 2.16. The summed E-state index contributed by atoms with van der Waals surface area (Å²) in [5.41, 5.74) is 1.30. The number of aryl methyl sites for hydroxylation is 1. The van der Waals surface area contributed by atoms with Gasteiger partial charge in [0.15, 0.2) is 0 Å². The molecule has 6 heteroatoms. The molecule has 4 rings (SSSR count). The van der Waals surface area contributed by atoms with Gasteiger partial charge < -0.3 is 15.4 Å². The fourth-order valence-corrected chi connectivity index (χ4v) is 2.99. The summed E-state index contributed by atoms with van der Waals surface area (Å²) in [5, 5.41) is 18.7. The van der Waals surface area contributed by atoms with E-state index in [9.17, 15) is 9.90 Å². The van der Waals surface area contributed by atoms with E-state index in [2.05, 4.69) is 15.4 Å². The molecule has 0 aliphatic heterocycles. The van der Waals surface area contributed by atoms with Crippen LogP contribution in [0.5, 0.6) is 0 Å². The molecule has 114 valence electrons. The lowest BCUT2D eigenvalue weighted by Crippen LogP contribution is -2.35. The fourth-order valence-electron chi connectivity index (χ4n) is 2.99. The van der Waals surface area contributed by atoms with Gasteiger partial charge in [0.25, 0.3) is 5.91 Å². The third-order valence-electron chi connectivity index (χ3n) is 4.42. The summed E-state index contributed by atoms with van der Waals surface area (Å²) in [6, 6.07) is 1.84. The molecule has 0 radical (unpaired) electrons. The number of fused-ring (bicyclic) bond motifs is 1. The highest BCUT2D eigenvalue weighted by Crippen LogP contribution is 2.45. The van der Waals surface area contributed by atoms with Gasteiger partial charge in [-0.3, -0.25) is 9.48 Å². The summed E-state index contributed by atoms with van der Waals surface area (Å²) in [5.74, 6) is -0.118. The van der Waals surface area contributed by atoms with Crippen LogP contribution in [0.15, 0.2) is 18.5 Å². The Bertz CT molecular complexity index is 857. The van der Waals surface area contributed by atoms with E-state index >= 15 is 0 Å². The number of H-pyrrole nitrogens is 1. The molecule has 1 atom stereocenters. The summed E-state index contributed by atoms with van der Waals surface area (Å²) in [6.07, 6.45) is 9.43. The highest BCUT2D eigenvalue weighted by molar-refractivity contribution is 5.93. The number of aromatic amines is 1. The van der Waals surface area contributed by atoms with Crippen molar-refractivity contribution in [2.75, 3.05) is 0 Å². The van der Waals surface area contributed by atoms with Crippen molar-refractivity contribution in [1.82, 2.24) is 20.1 Å². The minimum Gasteiger partial charge on any atom is -0.389 e. The van der Waals surface area contributed by atoms with Gasteiger partial charge in [-0.25, -0.2) is 0 Å². The zero-order chi connectivity index (χ0) is 15.3. The molecule has 1 fully saturated rings. The largest absolute Gasteiger partial charge is 0.389 e. The number of nitrogens with zero attached hydrogens (tertiary/aromatic N) is 2. The Kier molecular flexibility index (Phi) is 2.77. The molecule has 22 heavy (non-hydrogen) atoms. The van der Waals surface area contributed by atoms with Gasteiger partial charge in [-0.2, -0.15) is 5.10 Å². The number of nitrogens with one attached hydrogen (secondary N) is 2. The lowest BCUT2D eigenvalue weighted by atomic mass is 10.1. The summed E-state index contributed by atoms with van der Waals surface area (Å²) >= 11 is 0. The Labute approximate surface area is 127 Å². The molecule has 2 aromatic heterocycles. The Morgan fingerprint density at radius 1 is 1.55 bits per heavy atom. The van der Waals surface area contributed by atoms with Crippen molar-refractivity contribution in [3.8, 4) is 0 Å². The summed E-state index contributed by atoms with van der Waals surface area (Å²) in [7, 11) is 1.87. The highest BCUT2D eigenvalue weighted by atomic mass is 16.3. The number of carbonyl (C=O) groups excluding carboxylic acids is 1. The topological polar surface area (TPSA) is 82.9 Å². The molecule has 1 unspecified atom stereocenters. The van der Waals surface area contributed by atoms with Crippen LogP contribution in [0.25, 0.3) is 12.2 Å². The lowest BCUT2D eigenvalue weighted by molar-refractivity contribution is 0.0926. The molecule has 2 heterocycles. The Morgan fingerprint density at radius 2 is 2.36 bits per heavy atom. The normalized spacial score (nSPS) is 21.5. The maximum atomic E-state index is 12.5. The van der Waals surface area contributed by atoms with E-state index in [1.807, 2.05) is 31.6 Å². The molecule has 0 spiro atoms. The van der Waals surface area contributed by atoms with Crippen molar-refractivity contribution >= 4 is 18.1 Å². The second kappa shape index (κ2) is 4.58. The first-order chi connectivity index (χ1) is 10.6. The highest BCUT2D eigenvalue weighted by Gasteiger charge is 2.46. The van der Waals surface area contributed by atoms with E-state index in [4.69, 9.17) is 0 Å². The van der Waals surface area contributed by atoms with Gasteiger partial charge in [-0.1, -0.05) is 6.08 Å². The summed E-state index contributed by atoms with van der Waals surface area (Å²) in [4.78, 5) is 15.6. The van der Waals surface area contributed by atoms with Gasteiger partial charge in [0.1, 0.15) is 5.69 Å². The number of amides is 1. The SMILES string of the molecule is Cn1cc(C2(NC(=O)c3cc4c([nH]3)=CC(O)CC=4)CC2)cn1. The fraction of sp³-hybridized carbons (Fsp3) is 0.375. The quantitative estimate of drug-likeness (QED) is 0.714. The standard InChI is InChI=1S/C16H18N4O2/c1-20-9-11(8-17-20)16(4-5-16)19-15(22)14-6-10-2-3-12(21)7-13(10)18-14/h2,6-9,12,18,21H,3-5H2,1H3,(H,19,22). The van der Waals surface area contributed by atoms with Crippen LogP contribution in [0.1, 0.15) is 35.3 Å². The van der Waals surface area contributed by atoms with Gasteiger partial charge in [-0.05, 0) is 36.6 Å². The minimum absolute atomic E-state index is 0.118. The molecule has 2 aliphatic rings. The lowest BCUT2D eigenvalue weighted by Gasteiger charge is -2.15. The van der Waals surface area contributed by atoms with E-state index in [0.717, 1.165) is 29.0 Å². The molecule has 2 aromatic rings. The molecule has 0 bridgehead atoms. The number of hydrogen-bond acceptors (Lipinski definition) is 3. The molecule has 0 saturated heterocycles. The van der Waals surface area contributed by atoms with E-state index in [-0.39, 0.29) is 11.4 Å². The van der Waals surface area contributed by atoms with Crippen LogP contribution in [0.2, 0.25) is 0 Å². The first-order valence-corrected chi connectivity index (χ1v) is 7.46. The molecular formula is C16H18N4O2. The van der Waals surface area contributed by atoms with Gasteiger partial charge in [0.2, 0.25) is 0 Å². The number of rotatable bonds is 3. The molecule has 1 saturated carbocycles. The van der Waals surface area contributed by atoms with Crippen molar-refractivity contribution in [2.45, 2.75) is 30.9 Å². The van der Waals surface area contributed by atoms with Crippen LogP contribution in [0, 0.1) is 0 Å². The van der Waals surface area contributed by atoms with Gasteiger partial charge in [0, 0.05) is 24.2 Å². The number of carbonyl (C=O) groups is 1. The van der Waals surface area contributed by atoms with Crippen LogP contribution in [-0.4, -0.2) is 31.9 Å². The average Bonchev–Trinajstić information content (AvgIpc) is 2.94. The first kappa shape index (κ1) is 13.3. The van der Waals surface area contributed by atoms with E-state index in [1.54, 1.807) is 10.8 Å². The van der Waals surface area contributed by atoms with Crippen LogP contribution < -0.4 is 15.9 Å². The molecule has 1 amide bonds. The molecule has 2 aliphatic carbocycles. The average molecular weight is 298 g/mol. The van der Waals surface area contributed by atoms with Crippen molar-refractivity contribution in [3.05, 3.63) is 40.3 Å². The Hall–Kier alpha value is -2.34. The minimum atomic E-state index is -0.479. The van der Waals surface area contributed by atoms with Gasteiger partial charge >= 0.3 is 0 Å². The number of aliphatic hydroxyl groups is 1. The monoisotopic (exact) mass is 298 g/mol. The van der Waals surface area contributed by atoms with E-state index in [0.29, 0.717) is 12.1 Å². The zero-order valence-corrected chi connectivity index (χ0v) is 12.3. The predicted molar refractivity (Wildman–Crippen MR) is 81.2 cm³/mol. The third-order valence-corrected chi connectivity index (χ3v) is 4.42. The number of hydrogen-bond donors (Lipinski definition) is 3. The number of aromatic nitrogens is 3. The van der Waals surface area contributed by atoms with Crippen molar-refractivity contribution in [3.63, 3.8) is 0 Å². The maximum absolute atomic E-state index is 12.5. The second-order valence-corrected chi connectivity index (χ2v) is 6.16. The maximum Gasteiger partial charge on any atom is 0.268 e. The van der Waals surface area contributed by atoms with Crippen LogP contribution in [-0.2, 0) is 12.6 Å². The van der Waals surface area contributed by atoms with Gasteiger partial charge in [-0.15, -0.1) is 0 Å². The Balaban J connectivity index is 1.60. The second-order valence-electron chi connectivity index (χ2n) is 6.16. The predicted octanol–water partition coefficient (Wildman–Crippen LogP) is -0.507. The molecule has 3 N–H and O–H groups in total. The van der Waals surface area contributed by atoms with Crippen molar-refractivity contribution in [2.24, 2.45) is 7.05 Å². The summed E-state index contributed by atoms with van der Waals surface area (Å²) in [6.45, 7) is 0. The van der Waals surface area contributed by atoms with Gasteiger partial charge in [0.05, 0.1) is 17.8 Å². The zero-order valence-electron chi connectivity index (χ0n) is 12.3. The van der Waals surface area contributed by atoms with Crippen LogP contribution in [0.4, 0.5) is 0 Å². The van der Waals surface area contributed by atoms with E-state index < -0.39 is 6.10 Å². The Morgan fingerprint density at radius 3 is 3.05 bits per heavy atom. The van der Waals surface area contributed by atoms with E-state index in [1.165, 1.54) is 0 Å². The van der Waals surface area contributed by atoms with Crippen molar-refractivity contribution in [1.29, 1.82) is 0 Å². The van der Waals surface area contributed by atoms with Crippen LogP contribution in [0.3, 0.4) is 0 Å². The molecule has 0 aromatic carbocycles. The number of aliphatic hydroxyl groups excluding tert-OH is 1. The summed E-state index contributed by atoms with van der Waals surface area (Å²) < 4.78 is 1.75. The van der Waals surface area contributed by atoms with Crippen LogP contribution >= 0.6 is 0 Å². The molecule has 6 nitrogen and oxygen atoms in total. The first-order valence-electron chi connectivity index (χ1n) is 7.46.